The number of ether oxygens (including phenoxy) is 3. The highest BCUT2D eigenvalue weighted by Crippen LogP contribution is 2.39. The highest BCUT2D eigenvalue weighted by molar-refractivity contribution is 6.05. The van der Waals surface area contributed by atoms with E-state index in [0.717, 1.165) is 22.6 Å². The number of para-hydroxylation sites is 1. The molecule has 0 aliphatic carbocycles. The van der Waals surface area contributed by atoms with Gasteiger partial charge in [-0.3, -0.25) is 4.79 Å². The summed E-state index contributed by atoms with van der Waals surface area (Å²) in [5.74, 6) is 2.05. The molecule has 6 nitrogen and oxygen atoms in total. The van der Waals surface area contributed by atoms with Crippen molar-refractivity contribution in [2.75, 3.05) is 20.8 Å². The number of rotatable bonds is 6. The summed E-state index contributed by atoms with van der Waals surface area (Å²) in [7, 11) is 3.23. The van der Waals surface area contributed by atoms with Gasteiger partial charge in [0.15, 0.2) is 0 Å². The van der Waals surface area contributed by atoms with Gasteiger partial charge >= 0.3 is 0 Å². The SMILES string of the molecule is CCOc1ccccc1[C@H]1CC(c2cc(OC)ccc2OC)=NN1C(C)=O. The second-order valence-corrected chi connectivity index (χ2v) is 6.17. The first-order valence-corrected chi connectivity index (χ1v) is 8.90. The lowest BCUT2D eigenvalue weighted by molar-refractivity contribution is -0.130. The van der Waals surface area contributed by atoms with Gasteiger partial charge in [-0.1, -0.05) is 18.2 Å². The lowest BCUT2D eigenvalue weighted by Gasteiger charge is -2.22. The molecule has 1 aliphatic heterocycles. The summed E-state index contributed by atoms with van der Waals surface area (Å²) in [5.41, 5.74) is 2.53. The van der Waals surface area contributed by atoms with Crippen molar-refractivity contribution < 1.29 is 19.0 Å². The minimum absolute atomic E-state index is 0.122. The van der Waals surface area contributed by atoms with Crippen molar-refractivity contribution in [1.29, 1.82) is 0 Å². The van der Waals surface area contributed by atoms with Crippen molar-refractivity contribution in [3.8, 4) is 17.2 Å². The molecule has 1 heterocycles. The summed E-state index contributed by atoms with van der Waals surface area (Å²) in [5, 5.41) is 6.13. The van der Waals surface area contributed by atoms with E-state index in [1.807, 2.05) is 49.4 Å². The Labute approximate surface area is 159 Å². The number of carbonyl (C=O) groups excluding carboxylic acids is 1. The topological polar surface area (TPSA) is 60.4 Å². The van der Waals surface area contributed by atoms with Crippen molar-refractivity contribution in [1.82, 2.24) is 5.01 Å². The van der Waals surface area contributed by atoms with Crippen LogP contribution in [0.1, 0.15) is 37.4 Å². The molecule has 0 fully saturated rings. The first-order valence-electron chi connectivity index (χ1n) is 8.90. The van der Waals surface area contributed by atoms with E-state index >= 15 is 0 Å². The Morgan fingerprint density at radius 2 is 1.93 bits per heavy atom. The van der Waals surface area contributed by atoms with Gasteiger partial charge in [0.05, 0.1) is 32.6 Å². The molecule has 2 aromatic rings. The van der Waals surface area contributed by atoms with Gasteiger partial charge in [0, 0.05) is 24.5 Å². The molecule has 1 atom stereocenters. The van der Waals surface area contributed by atoms with E-state index in [1.165, 1.54) is 11.9 Å². The summed E-state index contributed by atoms with van der Waals surface area (Å²) < 4.78 is 16.6. The second kappa shape index (κ2) is 8.12. The van der Waals surface area contributed by atoms with Crippen LogP contribution in [-0.2, 0) is 4.79 Å². The number of hydrogen-bond donors (Lipinski definition) is 0. The van der Waals surface area contributed by atoms with Gasteiger partial charge < -0.3 is 14.2 Å². The molecule has 0 N–H and O–H groups in total. The minimum Gasteiger partial charge on any atom is -0.497 e. The Balaban J connectivity index is 2.02. The normalized spacial score (nSPS) is 16.1. The van der Waals surface area contributed by atoms with Gasteiger partial charge in [-0.25, -0.2) is 5.01 Å². The van der Waals surface area contributed by atoms with E-state index in [9.17, 15) is 4.79 Å². The average Bonchev–Trinajstić information content (AvgIpc) is 3.13. The van der Waals surface area contributed by atoms with E-state index in [4.69, 9.17) is 14.2 Å². The molecule has 27 heavy (non-hydrogen) atoms. The molecular weight excluding hydrogens is 344 g/mol. The van der Waals surface area contributed by atoms with E-state index in [-0.39, 0.29) is 11.9 Å². The van der Waals surface area contributed by atoms with Crippen LogP contribution in [0.5, 0.6) is 17.2 Å². The van der Waals surface area contributed by atoms with Crippen LogP contribution in [-0.4, -0.2) is 37.5 Å². The zero-order valence-electron chi connectivity index (χ0n) is 16.1. The molecule has 0 saturated carbocycles. The summed E-state index contributed by atoms with van der Waals surface area (Å²) in [6, 6.07) is 13.1. The molecule has 0 radical (unpaired) electrons. The fourth-order valence-electron chi connectivity index (χ4n) is 3.29. The number of carbonyl (C=O) groups is 1. The van der Waals surface area contributed by atoms with Crippen molar-refractivity contribution in [3.63, 3.8) is 0 Å². The van der Waals surface area contributed by atoms with Crippen LogP contribution in [0.4, 0.5) is 0 Å². The standard InChI is InChI=1S/C21H24N2O4/c1-5-27-21-9-7-6-8-16(21)19-13-18(22-23(19)14(2)24)17-12-15(25-3)10-11-20(17)26-4/h6-12,19H,5,13H2,1-4H3/t19-/m1/s1. The number of nitrogens with zero attached hydrogens (tertiary/aromatic N) is 2. The summed E-state index contributed by atoms with van der Waals surface area (Å²) in [6.45, 7) is 4.02. The second-order valence-electron chi connectivity index (χ2n) is 6.17. The summed E-state index contributed by atoms with van der Waals surface area (Å²) in [4.78, 5) is 12.3. The van der Waals surface area contributed by atoms with Crippen molar-refractivity contribution in [2.45, 2.75) is 26.3 Å². The van der Waals surface area contributed by atoms with Crippen molar-refractivity contribution in [2.24, 2.45) is 5.10 Å². The first-order chi connectivity index (χ1) is 13.1. The molecule has 0 spiro atoms. The summed E-state index contributed by atoms with van der Waals surface area (Å²) >= 11 is 0. The Morgan fingerprint density at radius 3 is 2.59 bits per heavy atom. The molecule has 2 aromatic carbocycles. The molecule has 0 bridgehead atoms. The van der Waals surface area contributed by atoms with Crippen LogP contribution in [0.2, 0.25) is 0 Å². The number of hydrazone groups is 1. The van der Waals surface area contributed by atoms with Crippen LogP contribution < -0.4 is 14.2 Å². The van der Waals surface area contributed by atoms with E-state index in [2.05, 4.69) is 5.10 Å². The van der Waals surface area contributed by atoms with Gasteiger partial charge in [0.1, 0.15) is 17.2 Å². The highest BCUT2D eigenvalue weighted by atomic mass is 16.5. The van der Waals surface area contributed by atoms with Crippen molar-refractivity contribution in [3.05, 3.63) is 53.6 Å². The van der Waals surface area contributed by atoms with Crippen LogP contribution in [0.25, 0.3) is 0 Å². The maximum atomic E-state index is 12.3. The zero-order chi connectivity index (χ0) is 19.4. The lowest BCUT2D eigenvalue weighted by atomic mass is 9.97. The average molecular weight is 368 g/mol. The highest BCUT2D eigenvalue weighted by Gasteiger charge is 2.34. The van der Waals surface area contributed by atoms with Gasteiger partial charge in [-0.05, 0) is 31.2 Å². The molecule has 6 heteroatoms. The fourth-order valence-corrected chi connectivity index (χ4v) is 3.29. The quantitative estimate of drug-likeness (QED) is 0.778. The predicted molar refractivity (Wildman–Crippen MR) is 104 cm³/mol. The van der Waals surface area contributed by atoms with E-state index in [1.54, 1.807) is 14.2 Å². The van der Waals surface area contributed by atoms with E-state index < -0.39 is 0 Å². The lowest BCUT2D eigenvalue weighted by Crippen LogP contribution is -2.24. The Hall–Kier alpha value is -3.02. The largest absolute Gasteiger partial charge is 0.497 e. The predicted octanol–water partition coefficient (Wildman–Crippen LogP) is 3.80. The number of benzene rings is 2. The first kappa shape index (κ1) is 18.8. The van der Waals surface area contributed by atoms with Gasteiger partial charge in [0.25, 0.3) is 0 Å². The van der Waals surface area contributed by atoms with Crippen LogP contribution in [0.15, 0.2) is 47.6 Å². The summed E-state index contributed by atoms with van der Waals surface area (Å²) in [6.07, 6.45) is 0.563. The smallest absolute Gasteiger partial charge is 0.240 e. The molecule has 1 aliphatic rings. The number of hydrogen-bond acceptors (Lipinski definition) is 5. The Bertz CT molecular complexity index is 863. The molecule has 0 aromatic heterocycles. The monoisotopic (exact) mass is 368 g/mol. The maximum absolute atomic E-state index is 12.3. The van der Waals surface area contributed by atoms with Gasteiger partial charge in [0.2, 0.25) is 5.91 Å². The molecule has 0 unspecified atom stereocenters. The number of amides is 1. The Morgan fingerprint density at radius 1 is 1.15 bits per heavy atom. The molecule has 3 rings (SSSR count). The third kappa shape index (κ3) is 3.74. The number of methoxy groups -OCH3 is 2. The van der Waals surface area contributed by atoms with Crippen molar-refractivity contribution >= 4 is 11.6 Å². The van der Waals surface area contributed by atoms with Gasteiger partial charge in [-0.2, -0.15) is 5.10 Å². The molecule has 0 saturated heterocycles. The maximum Gasteiger partial charge on any atom is 0.240 e. The fraction of sp³-hybridized carbons (Fsp3) is 0.333. The third-order valence-electron chi connectivity index (χ3n) is 4.53. The molecule has 142 valence electrons. The minimum atomic E-state index is -0.226. The Kier molecular flexibility index (Phi) is 5.64. The molecule has 1 amide bonds. The molecular formula is C21H24N2O4. The third-order valence-corrected chi connectivity index (χ3v) is 4.53. The van der Waals surface area contributed by atoms with Crippen LogP contribution in [0, 0.1) is 0 Å². The zero-order valence-corrected chi connectivity index (χ0v) is 16.1. The van der Waals surface area contributed by atoms with Gasteiger partial charge in [-0.15, -0.1) is 0 Å². The van der Waals surface area contributed by atoms with Crippen LogP contribution in [0.3, 0.4) is 0 Å². The van der Waals surface area contributed by atoms with Crippen LogP contribution >= 0.6 is 0 Å². The van der Waals surface area contributed by atoms with E-state index in [0.29, 0.717) is 24.5 Å².